The molecule has 0 saturated heterocycles. The van der Waals surface area contributed by atoms with Gasteiger partial charge in [-0.1, -0.05) is 15.9 Å². The van der Waals surface area contributed by atoms with Crippen LogP contribution in [0.25, 0.3) is 0 Å². The summed E-state index contributed by atoms with van der Waals surface area (Å²) >= 11 is 3.38. The van der Waals surface area contributed by atoms with Crippen LogP contribution in [0, 0.1) is 5.92 Å². The normalized spacial score (nSPS) is 17.4. The molecule has 1 unspecified atom stereocenters. The molecule has 1 atom stereocenters. The number of hydrogen-bond acceptors (Lipinski definition) is 4. The number of fused-ring (bicyclic) bond motifs is 1. The lowest BCUT2D eigenvalue weighted by Gasteiger charge is -2.29. The summed E-state index contributed by atoms with van der Waals surface area (Å²) in [7, 11) is 0. The Hall–Kier alpha value is -1.31. The summed E-state index contributed by atoms with van der Waals surface area (Å²) in [6.45, 7) is 0.836. The molecule has 0 aromatic heterocycles. The maximum absolute atomic E-state index is 12.1. The molecule has 1 heterocycles. The van der Waals surface area contributed by atoms with Crippen molar-refractivity contribution in [2.24, 2.45) is 11.7 Å². The lowest BCUT2D eigenvalue weighted by Crippen LogP contribution is -2.42. The summed E-state index contributed by atoms with van der Waals surface area (Å²) < 4.78 is 6.31. The van der Waals surface area contributed by atoms with Gasteiger partial charge in [-0.05, 0) is 37.0 Å². The maximum atomic E-state index is 12.1. The third kappa shape index (κ3) is 4.62. The van der Waals surface area contributed by atoms with E-state index >= 15 is 0 Å². The Morgan fingerprint density at radius 1 is 1.46 bits per heavy atom. The van der Waals surface area contributed by atoms with Gasteiger partial charge in [0.05, 0.1) is 5.69 Å². The molecule has 2 aliphatic rings. The van der Waals surface area contributed by atoms with Crippen molar-refractivity contribution in [3.63, 3.8) is 0 Å². The van der Waals surface area contributed by atoms with E-state index in [1.54, 1.807) is 4.90 Å². The molecule has 2 amide bonds. The molecule has 3 N–H and O–H groups in total. The van der Waals surface area contributed by atoms with Crippen LogP contribution in [0.5, 0.6) is 5.75 Å². The van der Waals surface area contributed by atoms with E-state index in [0.717, 1.165) is 17.3 Å². The number of hydrogen-bond donors (Lipinski definition) is 2. The van der Waals surface area contributed by atoms with E-state index in [0.29, 0.717) is 30.4 Å². The molecule has 6 nitrogen and oxygen atoms in total. The van der Waals surface area contributed by atoms with Crippen LogP contribution in [0.3, 0.4) is 0 Å². The molecule has 1 aliphatic carbocycles. The zero-order valence-electron chi connectivity index (χ0n) is 13.2. The number of carbonyl (C=O) groups is 2. The highest BCUT2D eigenvalue weighted by atomic mass is 79.9. The van der Waals surface area contributed by atoms with Gasteiger partial charge in [0.15, 0.2) is 6.61 Å². The van der Waals surface area contributed by atoms with Crippen LogP contribution in [0.2, 0.25) is 0 Å². The highest BCUT2D eigenvalue weighted by Gasteiger charge is 2.29. The third-order valence-corrected chi connectivity index (χ3v) is 4.68. The number of nitrogens with one attached hydrogen (secondary N) is 1. The molecule has 0 spiro atoms. The van der Waals surface area contributed by atoms with Crippen molar-refractivity contribution >= 4 is 45.8 Å². The zero-order valence-corrected chi connectivity index (χ0v) is 15.6. The van der Waals surface area contributed by atoms with E-state index in [9.17, 15) is 9.59 Å². The van der Waals surface area contributed by atoms with Gasteiger partial charge >= 0.3 is 0 Å². The number of nitrogens with two attached hydrogens (primary N) is 1. The summed E-state index contributed by atoms with van der Waals surface area (Å²) in [4.78, 5) is 25.6. The Morgan fingerprint density at radius 2 is 2.21 bits per heavy atom. The quantitative estimate of drug-likeness (QED) is 0.738. The van der Waals surface area contributed by atoms with Crippen molar-refractivity contribution in [2.75, 3.05) is 24.6 Å². The van der Waals surface area contributed by atoms with Gasteiger partial charge in [-0.15, -0.1) is 12.4 Å². The Balaban J connectivity index is 0.00000208. The van der Waals surface area contributed by atoms with E-state index in [1.807, 2.05) is 18.2 Å². The molecule has 3 rings (SSSR count). The highest BCUT2D eigenvalue weighted by Crippen LogP contribution is 2.34. The first kappa shape index (κ1) is 19.0. The van der Waals surface area contributed by atoms with Gasteiger partial charge < -0.3 is 20.7 Å². The second-order valence-corrected chi connectivity index (χ2v) is 6.92. The minimum Gasteiger partial charge on any atom is -0.482 e. The van der Waals surface area contributed by atoms with Crippen LogP contribution in [0.1, 0.15) is 19.3 Å². The van der Waals surface area contributed by atoms with Crippen LogP contribution < -0.4 is 20.7 Å². The monoisotopic (exact) mass is 417 g/mol. The average molecular weight is 419 g/mol. The van der Waals surface area contributed by atoms with Crippen molar-refractivity contribution in [2.45, 2.75) is 25.3 Å². The topological polar surface area (TPSA) is 84.7 Å². The minimum absolute atomic E-state index is 0. The Kier molecular flexibility index (Phi) is 6.48. The first-order chi connectivity index (χ1) is 11.0. The van der Waals surface area contributed by atoms with E-state index in [1.165, 1.54) is 0 Å². The molecule has 1 aromatic rings. The van der Waals surface area contributed by atoms with Crippen LogP contribution in [0.4, 0.5) is 5.69 Å². The standard InChI is InChI=1S/C16H20BrN3O3.ClH/c17-11-3-4-13-14(7-11)23-9-16(22)20(13)6-5-15(21)19-8-12(18)10-1-2-10;/h3-4,7,10,12H,1-2,5-6,8-9,18H2,(H,19,21);1H. The summed E-state index contributed by atoms with van der Waals surface area (Å²) in [5.74, 6) is 0.984. The van der Waals surface area contributed by atoms with Gasteiger partial charge in [-0.25, -0.2) is 0 Å². The Bertz CT molecular complexity index is 625. The van der Waals surface area contributed by atoms with Gasteiger partial charge in [0, 0.05) is 30.0 Å². The van der Waals surface area contributed by atoms with Gasteiger partial charge in [0.25, 0.3) is 5.91 Å². The molecule has 8 heteroatoms. The smallest absolute Gasteiger partial charge is 0.265 e. The van der Waals surface area contributed by atoms with Crippen molar-refractivity contribution in [1.82, 2.24) is 5.32 Å². The predicted octanol–water partition coefficient (Wildman–Crippen LogP) is 1.84. The SMILES string of the molecule is Cl.NC(CNC(=O)CCN1C(=O)COc2cc(Br)ccc21)C1CC1. The Morgan fingerprint density at radius 3 is 2.92 bits per heavy atom. The minimum atomic E-state index is -0.137. The van der Waals surface area contributed by atoms with E-state index in [-0.39, 0.29) is 43.3 Å². The first-order valence-corrected chi connectivity index (χ1v) is 8.59. The molecule has 0 bridgehead atoms. The summed E-state index contributed by atoms with van der Waals surface area (Å²) in [6, 6.07) is 5.53. The van der Waals surface area contributed by atoms with Crippen LogP contribution in [0.15, 0.2) is 22.7 Å². The van der Waals surface area contributed by atoms with Crippen LogP contribution >= 0.6 is 28.3 Å². The molecule has 1 aliphatic heterocycles. The lowest BCUT2D eigenvalue weighted by atomic mass is 10.2. The number of nitrogens with zero attached hydrogens (tertiary/aromatic N) is 1. The van der Waals surface area contributed by atoms with E-state index < -0.39 is 0 Å². The maximum Gasteiger partial charge on any atom is 0.265 e. The fourth-order valence-corrected chi connectivity index (χ4v) is 2.99. The summed E-state index contributed by atoms with van der Waals surface area (Å²) in [5, 5.41) is 2.85. The number of amides is 2. The van der Waals surface area contributed by atoms with E-state index in [2.05, 4.69) is 21.2 Å². The number of carbonyl (C=O) groups excluding carboxylic acids is 2. The second kappa shape index (κ2) is 8.18. The molecule has 132 valence electrons. The zero-order chi connectivity index (χ0) is 16.4. The van der Waals surface area contributed by atoms with Crippen LogP contribution in [-0.4, -0.2) is 37.6 Å². The molecule has 1 saturated carbocycles. The fourth-order valence-electron chi connectivity index (χ4n) is 2.65. The third-order valence-electron chi connectivity index (χ3n) is 4.19. The number of rotatable bonds is 6. The van der Waals surface area contributed by atoms with Crippen molar-refractivity contribution in [3.8, 4) is 5.75 Å². The largest absolute Gasteiger partial charge is 0.482 e. The van der Waals surface area contributed by atoms with E-state index in [4.69, 9.17) is 10.5 Å². The molecule has 0 radical (unpaired) electrons. The number of halogens is 2. The molecular weight excluding hydrogens is 398 g/mol. The van der Waals surface area contributed by atoms with Crippen molar-refractivity contribution < 1.29 is 14.3 Å². The predicted molar refractivity (Wildman–Crippen MR) is 97.6 cm³/mol. The summed E-state index contributed by atoms with van der Waals surface area (Å²) in [6.07, 6.45) is 2.57. The fraction of sp³-hybridized carbons (Fsp3) is 0.500. The number of benzene rings is 1. The van der Waals surface area contributed by atoms with Gasteiger partial charge in [0.2, 0.25) is 5.91 Å². The second-order valence-electron chi connectivity index (χ2n) is 6.00. The van der Waals surface area contributed by atoms with Gasteiger partial charge in [0.1, 0.15) is 5.75 Å². The van der Waals surface area contributed by atoms with Gasteiger partial charge in [-0.3, -0.25) is 9.59 Å². The first-order valence-electron chi connectivity index (χ1n) is 7.79. The molecule has 1 fully saturated rings. The summed E-state index contributed by atoms with van der Waals surface area (Å²) in [5.41, 5.74) is 6.67. The number of ether oxygens (including phenoxy) is 1. The molecular formula is C16H21BrClN3O3. The van der Waals surface area contributed by atoms with Gasteiger partial charge in [-0.2, -0.15) is 0 Å². The van der Waals surface area contributed by atoms with Crippen molar-refractivity contribution in [1.29, 1.82) is 0 Å². The average Bonchev–Trinajstić information content (AvgIpc) is 3.36. The Labute approximate surface area is 155 Å². The van der Waals surface area contributed by atoms with Crippen LogP contribution in [-0.2, 0) is 9.59 Å². The molecule has 1 aromatic carbocycles. The van der Waals surface area contributed by atoms with Crippen molar-refractivity contribution in [3.05, 3.63) is 22.7 Å². The highest BCUT2D eigenvalue weighted by molar-refractivity contribution is 9.10. The molecule has 24 heavy (non-hydrogen) atoms. The number of anilines is 1. The lowest BCUT2D eigenvalue weighted by molar-refractivity contribution is -0.122.